The van der Waals surface area contributed by atoms with E-state index in [2.05, 4.69) is 14.7 Å². The minimum atomic E-state index is -4.04. The Balaban J connectivity index is 1.78. The molecule has 30 heavy (non-hydrogen) atoms. The third-order valence-corrected chi connectivity index (χ3v) is 6.42. The molecule has 2 aromatic heterocycles. The van der Waals surface area contributed by atoms with E-state index in [1.807, 2.05) is 6.07 Å². The second-order valence-corrected chi connectivity index (χ2v) is 8.39. The second-order valence-electron chi connectivity index (χ2n) is 6.72. The molecule has 154 valence electrons. The van der Waals surface area contributed by atoms with Crippen molar-refractivity contribution in [1.29, 1.82) is 5.26 Å². The van der Waals surface area contributed by atoms with Crippen LogP contribution < -0.4 is 4.72 Å². The van der Waals surface area contributed by atoms with Crippen molar-refractivity contribution in [1.82, 2.24) is 14.3 Å². The van der Waals surface area contributed by atoms with Crippen LogP contribution in [0.15, 0.2) is 30.6 Å². The van der Waals surface area contributed by atoms with E-state index in [1.165, 1.54) is 18.5 Å². The Morgan fingerprint density at radius 2 is 1.97 bits per heavy atom. The lowest BCUT2D eigenvalue weighted by Gasteiger charge is -2.18. The Labute approximate surface area is 170 Å². The predicted octanol–water partition coefficient (Wildman–Crippen LogP) is 2.70. The summed E-state index contributed by atoms with van der Waals surface area (Å²) < 4.78 is 57.6. The van der Waals surface area contributed by atoms with Crippen LogP contribution in [0, 0.1) is 23.0 Å². The van der Waals surface area contributed by atoms with E-state index in [0.717, 1.165) is 16.4 Å². The third-order valence-electron chi connectivity index (χ3n) is 4.90. The Hall–Kier alpha value is -3.36. The van der Waals surface area contributed by atoms with Gasteiger partial charge in [0.05, 0.1) is 28.4 Å². The van der Waals surface area contributed by atoms with Crippen LogP contribution >= 0.6 is 0 Å². The van der Waals surface area contributed by atoms with Gasteiger partial charge >= 0.3 is 10.2 Å². The summed E-state index contributed by atoms with van der Waals surface area (Å²) in [5, 5.41) is 9.41. The first-order valence-electron chi connectivity index (χ1n) is 9.00. The monoisotopic (exact) mass is 431 g/mol. The number of pyridine rings is 1. The van der Waals surface area contributed by atoms with Crippen molar-refractivity contribution in [3.05, 3.63) is 58.9 Å². The summed E-state index contributed by atoms with van der Waals surface area (Å²) in [5.41, 5.74) is -1.29. The van der Waals surface area contributed by atoms with E-state index in [1.54, 1.807) is 0 Å². The lowest BCUT2D eigenvalue weighted by atomic mass is 10.00. The summed E-state index contributed by atoms with van der Waals surface area (Å²) in [6, 6.07) is 5.02. The SMILES string of the molecule is N#Cc1ccnc2[nH]cc(C(=O)c3c(F)ccc(NS(=O)(=O)N4CCCC4)c3F)c12. The maximum Gasteiger partial charge on any atom is 0.301 e. The van der Waals surface area contributed by atoms with Crippen molar-refractivity contribution < 1.29 is 22.0 Å². The van der Waals surface area contributed by atoms with E-state index in [4.69, 9.17) is 0 Å². The van der Waals surface area contributed by atoms with Crippen LogP contribution in [0.3, 0.4) is 0 Å². The van der Waals surface area contributed by atoms with E-state index in [-0.39, 0.29) is 22.2 Å². The van der Waals surface area contributed by atoms with E-state index in [9.17, 15) is 22.9 Å². The van der Waals surface area contributed by atoms with Gasteiger partial charge in [-0.25, -0.2) is 13.8 Å². The molecule has 2 N–H and O–H groups in total. The number of hydrogen-bond acceptors (Lipinski definition) is 5. The number of fused-ring (bicyclic) bond motifs is 1. The van der Waals surface area contributed by atoms with Crippen molar-refractivity contribution >= 4 is 32.7 Å². The number of anilines is 1. The Bertz CT molecular complexity index is 1310. The zero-order valence-electron chi connectivity index (χ0n) is 15.4. The molecule has 1 aromatic carbocycles. The first kappa shape index (κ1) is 19.9. The maximum absolute atomic E-state index is 15.1. The van der Waals surface area contributed by atoms with Crippen LogP contribution in [0.25, 0.3) is 11.0 Å². The van der Waals surface area contributed by atoms with Crippen LogP contribution in [0.5, 0.6) is 0 Å². The number of nitrogens with one attached hydrogen (secondary N) is 2. The summed E-state index contributed by atoms with van der Waals surface area (Å²) in [4.78, 5) is 19.7. The first-order valence-corrected chi connectivity index (χ1v) is 10.4. The molecule has 1 fully saturated rings. The molecule has 0 unspecified atom stereocenters. The molecule has 0 aliphatic carbocycles. The van der Waals surface area contributed by atoms with Gasteiger partial charge in [0.1, 0.15) is 11.5 Å². The minimum Gasteiger partial charge on any atom is -0.345 e. The number of nitrogens with zero attached hydrogens (tertiary/aromatic N) is 3. The van der Waals surface area contributed by atoms with E-state index in [0.29, 0.717) is 25.9 Å². The van der Waals surface area contributed by atoms with Crippen LogP contribution in [0.2, 0.25) is 0 Å². The van der Waals surface area contributed by atoms with Crippen molar-refractivity contribution in [2.24, 2.45) is 0 Å². The van der Waals surface area contributed by atoms with Crippen LogP contribution in [0.1, 0.15) is 34.3 Å². The van der Waals surface area contributed by atoms with Crippen LogP contribution in [-0.2, 0) is 10.2 Å². The van der Waals surface area contributed by atoms with Gasteiger partial charge in [-0.3, -0.25) is 9.52 Å². The number of hydrogen-bond donors (Lipinski definition) is 2. The molecule has 11 heteroatoms. The Morgan fingerprint density at radius 3 is 2.67 bits per heavy atom. The molecule has 1 saturated heterocycles. The molecule has 3 aromatic rings. The van der Waals surface area contributed by atoms with Crippen molar-refractivity contribution in [3.8, 4) is 6.07 Å². The lowest BCUT2D eigenvalue weighted by Crippen LogP contribution is -2.33. The number of halogens is 2. The van der Waals surface area contributed by atoms with Gasteiger partial charge in [-0.1, -0.05) is 0 Å². The van der Waals surface area contributed by atoms with Gasteiger partial charge in [0.15, 0.2) is 5.82 Å². The van der Waals surface area contributed by atoms with Gasteiger partial charge in [-0.2, -0.15) is 18.0 Å². The van der Waals surface area contributed by atoms with Gasteiger partial charge in [-0.15, -0.1) is 0 Å². The fourth-order valence-electron chi connectivity index (χ4n) is 3.43. The van der Waals surface area contributed by atoms with Gasteiger partial charge in [0.25, 0.3) is 0 Å². The van der Waals surface area contributed by atoms with Gasteiger partial charge in [0.2, 0.25) is 5.78 Å². The largest absolute Gasteiger partial charge is 0.345 e. The Kier molecular flexibility index (Phi) is 4.97. The van der Waals surface area contributed by atoms with Crippen LogP contribution in [-0.4, -0.2) is 41.6 Å². The van der Waals surface area contributed by atoms with Crippen molar-refractivity contribution in [2.45, 2.75) is 12.8 Å². The highest BCUT2D eigenvalue weighted by molar-refractivity contribution is 7.90. The topological polar surface area (TPSA) is 119 Å². The highest BCUT2D eigenvalue weighted by Crippen LogP contribution is 2.29. The van der Waals surface area contributed by atoms with Gasteiger partial charge in [0, 0.05) is 30.9 Å². The number of nitriles is 1. The second kappa shape index (κ2) is 7.47. The molecule has 0 spiro atoms. The highest BCUT2D eigenvalue weighted by atomic mass is 32.2. The lowest BCUT2D eigenvalue weighted by molar-refractivity contribution is 0.103. The quantitative estimate of drug-likeness (QED) is 0.602. The number of carbonyl (C=O) groups is 1. The standard InChI is InChI=1S/C19H15F2N5O3S/c20-13-3-4-14(25-30(28,29)26-7-1-2-8-26)17(21)16(13)18(27)12-10-24-19-15(12)11(9-22)5-6-23-19/h3-6,10,25H,1-2,7-8H2,(H,23,24). The third kappa shape index (κ3) is 3.30. The van der Waals surface area contributed by atoms with Gasteiger partial charge < -0.3 is 4.98 Å². The zero-order valence-corrected chi connectivity index (χ0v) is 16.3. The number of carbonyl (C=O) groups excluding carboxylic acids is 1. The van der Waals surface area contributed by atoms with Crippen molar-refractivity contribution in [2.75, 3.05) is 17.8 Å². The summed E-state index contributed by atoms with van der Waals surface area (Å²) in [7, 11) is -4.04. The first-order chi connectivity index (χ1) is 14.3. The molecule has 3 heterocycles. The minimum absolute atomic E-state index is 0.108. The average molecular weight is 431 g/mol. The number of H-pyrrole nitrogens is 1. The molecule has 0 bridgehead atoms. The molecule has 0 saturated carbocycles. The molecule has 0 radical (unpaired) electrons. The van der Waals surface area contributed by atoms with E-state index >= 15 is 4.39 Å². The summed E-state index contributed by atoms with van der Waals surface area (Å²) >= 11 is 0. The molecular formula is C19H15F2N5O3S. The van der Waals surface area contributed by atoms with Gasteiger partial charge in [-0.05, 0) is 31.0 Å². The molecule has 4 rings (SSSR count). The number of aromatic amines is 1. The molecule has 8 nitrogen and oxygen atoms in total. The summed E-state index contributed by atoms with van der Waals surface area (Å²) in [5.74, 6) is -3.53. The predicted molar refractivity (Wildman–Crippen MR) is 104 cm³/mol. The van der Waals surface area contributed by atoms with Crippen LogP contribution in [0.4, 0.5) is 14.5 Å². The maximum atomic E-state index is 15.1. The smallest absolute Gasteiger partial charge is 0.301 e. The Morgan fingerprint density at radius 1 is 1.23 bits per heavy atom. The number of aromatic nitrogens is 2. The zero-order chi connectivity index (χ0) is 21.5. The normalized spacial score (nSPS) is 14.7. The summed E-state index contributed by atoms with van der Waals surface area (Å²) in [6.07, 6.45) is 3.94. The number of ketones is 1. The fraction of sp³-hybridized carbons (Fsp3) is 0.211. The number of benzene rings is 1. The molecule has 0 atom stereocenters. The fourth-order valence-corrected chi connectivity index (χ4v) is 4.74. The summed E-state index contributed by atoms with van der Waals surface area (Å²) in [6.45, 7) is 0.590. The average Bonchev–Trinajstić information content (AvgIpc) is 3.40. The molecule has 0 amide bonds. The number of rotatable bonds is 5. The van der Waals surface area contributed by atoms with Crippen molar-refractivity contribution in [3.63, 3.8) is 0 Å². The van der Waals surface area contributed by atoms with E-state index < -0.39 is 38.9 Å². The molecule has 1 aliphatic heterocycles. The highest BCUT2D eigenvalue weighted by Gasteiger charge is 2.29. The molecular weight excluding hydrogens is 416 g/mol. The molecule has 1 aliphatic rings.